The maximum absolute atomic E-state index is 15.9. The zero-order valence-electron chi connectivity index (χ0n) is 23.2. The third kappa shape index (κ3) is 5.50. The molecular weight excluding hydrogens is 663 g/mol. The second kappa shape index (κ2) is 11.4. The summed E-state index contributed by atoms with van der Waals surface area (Å²) in [5, 5.41) is 11.2. The molecule has 4 unspecified atom stereocenters. The third-order valence-corrected chi connectivity index (χ3v) is 9.61. The Bertz CT molecular complexity index is 1960. The van der Waals surface area contributed by atoms with Gasteiger partial charge in [-0.15, -0.1) is 0 Å². The number of imidazole rings is 2. The Balaban J connectivity index is 1.16. The summed E-state index contributed by atoms with van der Waals surface area (Å²) in [6, 6.07) is 1.50. The Morgan fingerprint density at radius 1 is 0.957 bits per heavy atom. The third-order valence-electron chi connectivity index (χ3n) is 7.59. The fourth-order valence-electron chi connectivity index (χ4n) is 5.49. The van der Waals surface area contributed by atoms with Crippen LogP contribution in [0.2, 0.25) is 0 Å². The van der Waals surface area contributed by atoms with Gasteiger partial charge < -0.3 is 45.1 Å². The number of H-pyrrole nitrogens is 1. The number of aliphatic hydroxyl groups is 1. The van der Waals surface area contributed by atoms with Crippen molar-refractivity contribution in [1.82, 2.24) is 34.1 Å². The Labute approximate surface area is 255 Å². The molecule has 0 saturated carbocycles. The van der Waals surface area contributed by atoms with Gasteiger partial charge in [-0.3, -0.25) is 32.5 Å². The summed E-state index contributed by atoms with van der Waals surface area (Å²) in [5.41, 5.74) is 11.3. The highest BCUT2D eigenvalue weighted by atomic mass is 31.2. The molecule has 3 fully saturated rings. The monoisotopic (exact) mass is 689 g/mol. The lowest BCUT2D eigenvalue weighted by Crippen LogP contribution is -2.36. The van der Waals surface area contributed by atoms with Crippen molar-refractivity contribution in [1.29, 1.82) is 0 Å². The number of ether oxygens (including phenoxy) is 3. The van der Waals surface area contributed by atoms with Crippen LogP contribution in [0.5, 0.6) is 0 Å². The minimum absolute atomic E-state index is 0.104. The smallest absolute Gasteiger partial charge is 0.397 e. The first-order chi connectivity index (χ1) is 21.8. The molecule has 0 radical (unpaired) electrons. The predicted octanol–water partition coefficient (Wildman–Crippen LogP) is -0.717. The first-order valence-electron chi connectivity index (χ1n) is 13.5. The van der Waals surface area contributed by atoms with Crippen LogP contribution >= 0.6 is 15.4 Å². The molecule has 0 spiro atoms. The van der Waals surface area contributed by atoms with Crippen LogP contribution in [0.4, 0.5) is 16.0 Å². The maximum atomic E-state index is 15.9. The molecule has 4 aromatic heterocycles. The number of fused-ring (bicyclic) bond motifs is 4. The van der Waals surface area contributed by atoms with Gasteiger partial charge >= 0.3 is 15.4 Å². The van der Waals surface area contributed by atoms with Crippen LogP contribution < -0.4 is 17.0 Å². The number of hydrogen-bond donors (Lipinski definition) is 6. The molecule has 0 amide bonds. The van der Waals surface area contributed by atoms with Crippen molar-refractivity contribution < 1.29 is 56.2 Å². The molecule has 4 aromatic rings. The number of phosphoric acid groups is 1. The number of nitrogens with two attached hydrogens (primary N) is 2. The van der Waals surface area contributed by atoms with E-state index in [-0.39, 0.29) is 34.0 Å². The number of pyridine rings is 1. The topological polar surface area (TPSA) is 297 Å². The van der Waals surface area contributed by atoms with Crippen LogP contribution in [0, 0.1) is 0 Å². The number of nitrogens with zero attached hydrogens (tertiary/aromatic N) is 6. The van der Waals surface area contributed by atoms with Crippen molar-refractivity contribution in [2.24, 2.45) is 0 Å². The number of alkyl halides is 1. The van der Waals surface area contributed by atoms with Gasteiger partial charge in [0.05, 0.1) is 31.6 Å². The molecule has 10 atom stereocenters. The lowest BCUT2D eigenvalue weighted by atomic mass is 10.1. The minimum Gasteiger partial charge on any atom is -0.397 e. The predicted molar refractivity (Wildman–Crippen MR) is 149 cm³/mol. The first kappa shape index (κ1) is 31.2. The van der Waals surface area contributed by atoms with Crippen LogP contribution in [-0.2, 0) is 36.9 Å². The number of nitrogens with one attached hydrogen (secondary N) is 1. The number of aromatic amines is 1. The Morgan fingerprint density at radius 2 is 1.63 bits per heavy atom. The number of rotatable bonds is 2. The van der Waals surface area contributed by atoms with Crippen molar-refractivity contribution in [2.75, 3.05) is 31.0 Å². The summed E-state index contributed by atoms with van der Waals surface area (Å²) in [4.78, 5) is 51.9. The van der Waals surface area contributed by atoms with E-state index < -0.39 is 89.7 Å². The van der Waals surface area contributed by atoms with Crippen LogP contribution in [0.15, 0.2) is 29.7 Å². The van der Waals surface area contributed by atoms with Crippen molar-refractivity contribution in [2.45, 2.75) is 49.1 Å². The van der Waals surface area contributed by atoms with Gasteiger partial charge in [0.2, 0.25) is 5.95 Å². The van der Waals surface area contributed by atoms with E-state index in [0.29, 0.717) is 0 Å². The lowest BCUT2D eigenvalue weighted by Gasteiger charge is -2.24. The van der Waals surface area contributed by atoms with E-state index in [1.54, 1.807) is 0 Å². The number of anilines is 2. The Hall–Kier alpha value is -3.40. The summed E-state index contributed by atoms with van der Waals surface area (Å²) in [6.07, 6.45) is -10.2. The fourth-order valence-corrected chi connectivity index (χ4v) is 7.27. The van der Waals surface area contributed by atoms with Gasteiger partial charge in [-0.25, -0.2) is 23.9 Å². The van der Waals surface area contributed by atoms with Gasteiger partial charge in [0.15, 0.2) is 35.4 Å². The Morgan fingerprint density at radius 3 is 2.41 bits per heavy atom. The highest BCUT2D eigenvalue weighted by Gasteiger charge is 2.53. The molecule has 46 heavy (non-hydrogen) atoms. The van der Waals surface area contributed by atoms with Gasteiger partial charge in [0.1, 0.15) is 42.4 Å². The molecule has 0 aromatic carbocycles. The molecule has 3 saturated heterocycles. The van der Waals surface area contributed by atoms with E-state index in [4.69, 9.17) is 39.2 Å². The standard InChI is InChI=1S/C22H26FN9O12P2/c23-11-15-9(42-20(11)31-5-27-12-8(24)1-2-26-17(12)31)4-41-46(37,38)44-16-10(3-40-45(35,36)7-39-15)43-21(14(16)33)32-6-28-13-18(32)29-22(25)30-19(13)34/h1-2,5-6,9-11,14-16,20-21,33H,3-4,7H2,(H2,24,26)(H,35,36)(H,37,38)(H3,25,29,30,34)/t9-,10-,11+,14+,15?,16?,20-,21-/m1/s1. The summed E-state index contributed by atoms with van der Waals surface area (Å²) < 4.78 is 76.9. The highest BCUT2D eigenvalue weighted by molar-refractivity contribution is 7.52. The van der Waals surface area contributed by atoms with Gasteiger partial charge in [0, 0.05) is 6.20 Å². The molecule has 7 heterocycles. The molecule has 3 aliphatic rings. The van der Waals surface area contributed by atoms with Crippen LogP contribution in [0.3, 0.4) is 0 Å². The van der Waals surface area contributed by atoms with Gasteiger partial charge in [-0.05, 0) is 6.07 Å². The number of aliphatic hydroxyl groups excluding tert-OH is 1. The SMILES string of the molecule is Nc1nc2c(ncn2[C@@H]2O[C@@H]3COP(=O)(O)COC4[C@@H](COP(=O)(O)OC3[C@@H]2O)O[C@@H](n2cnc3c(N)ccnc32)[C@H]4F)c(=O)[nH]1. The summed E-state index contributed by atoms with van der Waals surface area (Å²) >= 11 is 0. The van der Waals surface area contributed by atoms with E-state index in [1.807, 2.05) is 0 Å². The lowest BCUT2D eigenvalue weighted by molar-refractivity contribution is -0.0591. The molecule has 3 aliphatic heterocycles. The average Bonchev–Trinajstić information content (AvgIpc) is 3.75. The van der Waals surface area contributed by atoms with Crippen molar-refractivity contribution >= 4 is 49.4 Å². The highest BCUT2D eigenvalue weighted by Crippen LogP contribution is 2.52. The zero-order valence-corrected chi connectivity index (χ0v) is 25.0. The van der Waals surface area contributed by atoms with Crippen molar-refractivity contribution in [3.8, 4) is 0 Å². The molecule has 0 bridgehead atoms. The van der Waals surface area contributed by atoms with E-state index in [0.717, 1.165) is 10.9 Å². The van der Waals surface area contributed by atoms with E-state index in [1.165, 1.54) is 23.2 Å². The van der Waals surface area contributed by atoms with Gasteiger partial charge in [0.25, 0.3) is 5.56 Å². The number of nitrogen functional groups attached to an aromatic ring is 2. The molecule has 248 valence electrons. The summed E-state index contributed by atoms with van der Waals surface area (Å²) in [5.74, 6) is -0.268. The zero-order chi connectivity index (χ0) is 32.5. The second-order valence-corrected chi connectivity index (χ2v) is 13.8. The van der Waals surface area contributed by atoms with Crippen LogP contribution in [0.25, 0.3) is 22.3 Å². The number of hydrogen-bond acceptors (Lipinski definition) is 16. The molecule has 7 rings (SSSR count). The first-order valence-corrected chi connectivity index (χ1v) is 16.7. The Kier molecular flexibility index (Phi) is 7.73. The quantitative estimate of drug-likeness (QED) is 0.142. The van der Waals surface area contributed by atoms with E-state index >= 15 is 4.39 Å². The average molecular weight is 689 g/mol. The van der Waals surface area contributed by atoms with E-state index in [2.05, 4.69) is 24.9 Å². The minimum atomic E-state index is -5.10. The van der Waals surface area contributed by atoms with Crippen molar-refractivity contribution in [3.63, 3.8) is 0 Å². The number of phosphoric ester groups is 1. The van der Waals surface area contributed by atoms with Crippen molar-refractivity contribution in [3.05, 3.63) is 35.3 Å². The second-order valence-electron chi connectivity index (χ2n) is 10.6. The normalized spacial score (nSPS) is 37.4. The molecule has 8 N–H and O–H groups in total. The maximum Gasteiger partial charge on any atom is 0.472 e. The summed E-state index contributed by atoms with van der Waals surface area (Å²) in [7, 11) is -9.76. The van der Waals surface area contributed by atoms with E-state index in [9.17, 15) is 28.8 Å². The molecule has 0 aliphatic carbocycles. The fraction of sp³-hybridized carbons (Fsp3) is 0.500. The number of aromatic nitrogens is 7. The summed E-state index contributed by atoms with van der Waals surface area (Å²) in [6.45, 7) is -1.58. The molecule has 24 heteroatoms. The van der Waals surface area contributed by atoms with Crippen LogP contribution in [0.1, 0.15) is 12.5 Å². The largest absolute Gasteiger partial charge is 0.472 e. The van der Waals surface area contributed by atoms with Gasteiger partial charge in [-0.2, -0.15) is 4.98 Å². The molecule has 21 nitrogen and oxygen atoms in total. The molecular formula is C22H26FN9O12P2. The number of halogens is 1. The van der Waals surface area contributed by atoms with Gasteiger partial charge in [-0.1, -0.05) is 0 Å². The van der Waals surface area contributed by atoms with Crippen LogP contribution in [-0.4, -0.2) is 105 Å².